The third kappa shape index (κ3) is 2.49. The smallest absolute Gasteiger partial charge is 0.123 e. The number of aromatic amines is 1. The van der Waals surface area contributed by atoms with Crippen molar-refractivity contribution >= 4 is 0 Å². The summed E-state index contributed by atoms with van der Waals surface area (Å²) in [4.78, 5) is 7.90. The topological polar surface area (TPSA) is 49.9 Å². The van der Waals surface area contributed by atoms with E-state index >= 15 is 0 Å². The molecule has 0 saturated heterocycles. The molecule has 1 aromatic heterocycles. The predicted molar refractivity (Wildman–Crippen MR) is 74.4 cm³/mol. The molecule has 1 aliphatic rings. The zero-order valence-electron chi connectivity index (χ0n) is 11.1. The number of fused-ring (bicyclic) bond motifs is 1. The van der Waals surface area contributed by atoms with Crippen LogP contribution in [0.25, 0.3) is 0 Å². The van der Waals surface area contributed by atoms with Gasteiger partial charge in [-0.3, -0.25) is 0 Å². The molecule has 0 aliphatic carbocycles. The van der Waals surface area contributed by atoms with Crippen LogP contribution in [0.5, 0.6) is 5.75 Å². The minimum atomic E-state index is 0.233. The Morgan fingerprint density at radius 2 is 2.32 bits per heavy atom. The van der Waals surface area contributed by atoms with E-state index in [1.807, 2.05) is 24.4 Å². The quantitative estimate of drug-likeness (QED) is 0.809. The van der Waals surface area contributed by atoms with Gasteiger partial charge in [0.1, 0.15) is 18.2 Å². The van der Waals surface area contributed by atoms with Crippen molar-refractivity contribution in [1.82, 2.24) is 15.3 Å². The van der Waals surface area contributed by atoms with Gasteiger partial charge >= 0.3 is 0 Å². The first-order valence-electron chi connectivity index (χ1n) is 6.84. The van der Waals surface area contributed by atoms with E-state index in [0.29, 0.717) is 6.61 Å². The van der Waals surface area contributed by atoms with Crippen molar-refractivity contribution in [3.63, 3.8) is 0 Å². The molecule has 1 aromatic carbocycles. The lowest BCUT2D eigenvalue weighted by atomic mass is 10.0. The fraction of sp³-hybridized carbons (Fsp3) is 0.400. The molecule has 0 amide bonds. The molecule has 0 saturated carbocycles. The first-order valence-corrected chi connectivity index (χ1v) is 6.84. The van der Waals surface area contributed by atoms with Crippen LogP contribution in [0.15, 0.2) is 30.5 Å². The van der Waals surface area contributed by atoms with Crippen LogP contribution in [0.1, 0.15) is 36.3 Å². The molecule has 1 unspecified atom stereocenters. The molecule has 3 rings (SSSR count). The molecular weight excluding hydrogens is 238 g/mol. The molecule has 19 heavy (non-hydrogen) atoms. The van der Waals surface area contributed by atoms with E-state index in [-0.39, 0.29) is 5.92 Å². The molecule has 1 aliphatic heterocycles. The number of para-hydroxylation sites is 1. The summed E-state index contributed by atoms with van der Waals surface area (Å²) in [6.45, 7) is 4.71. The van der Waals surface area contributed by atoms with Gasteiger partial charge in [-0.25, -0.2) is 4.98 Å². The molecular formula is C15H19N3O. The molecule has 2 N–H and O–H groups in total. The number of rotatable bonds is 5. The SMILES string of the molecule is CCCNCc1cnc(C2COc3ccccc32)[nH]1. The van der Waals surface area contributed by atoms with Crippen LogP contribution in [-0.4, -0.2) is 23.1 Å². The van der Waals surface area contributed by atoms with Crippen molar-refractivity contribution in [1.29, 1.82) is 0 Å². The highest BCUT2D eigenvalue weighted by Crippen LogP contribution is 2.36. The summed E-state index contributed by atoms with van der Waals surface area (Å²) < 4.78 is 5.70. The van der Waals surface area contributed by atoms with Gasteiger partial charge in [-0.05, 0) is 19.0 Å². The second-order valence-electron chi connectivity index (χ2n) is 4.87. The van der Waals surface area contributed by atoms with E-state index in [1.54, 1.807) is 0 Å². The Bertz CT molecular complexity index is 550. The van der Waals surface area contributed by atoms with Gasteiger partial charge in [0.2, 0.25) is 0 Å². The summed E-state index contributed by atoms with van der Waals surface area (Å²) in [5, 5.41) is 3.37. The highest BCUT2D eigenvalue weighted by atomic mass is 16.5. The Morgan fingerprint density at radius 3 is 3.21 bits per heavy atom. The molecule has 4 nitrogen and oxygen atoms in total. The van der Waals surface area contributed by atoms with E-state index in [0.717, 1.165) is 36.8 Å². The van der Waals surface area contributed by atoms with Crippen molar-refractivity contribution in [2.45, 2.75) is 25.8 Å². The summed E-state index contributed by atoms with van der Waals surface area (Å²) in [5.74, 6) is 2.21. The lowest BCUT2D eigenvalue weighted by molar-refractivity contribution is 0.340. The molecule has 4 heteroatoms. The first kappa shape index (κ1) is 12.2. The van der Waals surface area contributed by atoms with Crippen LogP contribution in [-0.2, 0) is 6.54 Å². The lowest BCUT2D eigenvalue weighted by Crippen LogP contribution is -2.14. The Kier molecular flexibility index (Phi) is 3.51. The number of ether oxygens (including phenoxy) is 1. The van der Waals surface area contributed by atoms with E-state index < -0.39 is 0 Å². The summed E-state index contributed by atoms with van der Waals surface area (Å²) in [5.41, 5.74) is 2.36. The van der Waals surface area contributed by atoms with Crippen LogP contribution in [0.3, 0.4) is 0 Å². The maximum Gasteiger partial charge on any atom is 0.123 e. The number of H-pyrrole nitrogens is 1. The Balaban J connectivity index is 1.74. The second-order valence-corrected chi connectivity index (χ2v) is 4.87. The average Bonchev–Trinajstić information content (AvgIpc) is 3.05. The number of benzene rings is 1. The summed E-state index contributed by atoms with van der Waals surface area (Å²) in [7, 11) is 0. The largest absolute Gasteiger partial charge is 0.492 e. The Labute approximate surface area is 113 Å². The van der Waals surface area contributed by atoms with Crippen molar-refractivity contribution in [2.75, 3.05) is 13.2 Å². The van der Waals surface area contributed by atoms with Gasteiger partial charge in [-0.15, -0.1) is 0 Å². The Hall–Kier alpha value is -1.81. The lowest BCUT2D eigenvalue weighted by Gasteiger charge is -2.05. The van der Waals surface area contributed by atoms with Gasteiger partial charge < -0.3 is 15.0 Å². The van der Waals surface area contributed by atoms with Crippen molar-refractivity contribution in [3.8, 4) is 5.75 Å². The fourth-order valence-corrected chi connectivity index (χ4v) is 2.43. The average molecular weight is 257 g/mol. The van der Waals surface area contributed by atoms with E-state index in [4.69, 9.17) is 4.74 Å². The minimum Gasteiger partial charge on any atom is -0.492 e. The molecule has 0 radical (unpaired) electrons. The van der Waals surface area contributed by atoms with Crippen molar-refractivity contribution in [2.24, 2.45) is 0 Å². The van der Waals surface area contributed by atoms with Crippen LogP contribution in [0.2, 0.25) is 0 Å². The zero-order valence-corrected chi connectivity index (χ0v) is 11.1. The number of hydrogen-bond donors (Lipinski definition) is 2. The van der Waals surface area contributed by atoms with Gasteiger partial charge in [0.15, 0.2) is 0 Å². The minimum absolute atomic E-state index is 0.233. The van der Waals surface area contributed by atoms with E-state index in [2.05, 4.69) is 28.3 Å². The summed E-state index contributed by atoms with van der Waals surface area (Å²) in [6.07, 6.45) is 3.06. The van der Waals surface area contributed by atoms with Gasteiger partial charge in [0.05, 0.1) is 5.92 Å². The summed E-state index contributed by atoms with van der Waals surface area (Å²) >= 11 is 0. The third-order valence-corrected chi connectivity index (χ3v) is 3.42. The second kappa shape index (κ2) is 5.45. The number of nitrogens with zero attached hydrogens (tertiary/aromatic N) is 1. The maximum atomic E-state index is 5.70. The third-order valence-electron chi connectivity index (χ3n) is 3.42. The molecule has 0 spiro atoms. The van der Waals surface area contributed by atoms with Gasteiger partial charge in [-0.2, -0.15) is 0 Å². The monoisotopic (exact) mass is 257 g/mol. The predicted octanol–water partition coefficient (Wildman–Crippen LogP) is 2.43. The molecule has 0 fully saturated rings. The molecule has 2 heterocycles. The highest BCUT2D eigenvalue weighted by Gasteiger charge is 2.27. The van der Waals surface area contributed by atoms with Gasteiger partial charge in [0.25, 0.3) is 0 Å². The fourth-order valence-electron chi connectivity index (χ4n) is 2.43. The number of aromatic nitrogens is 2. The molecule has 0 bridgehead atoms. The molecule has 2 aromatic rings. The standard InChI is InChI=1S/C15H19N3O/c1-2-7-16-8-11-9-17-15(18-11)13-10-19-14-6-4-3-5-12(13)14/h3-6,9,13,16H,2,7-8,10H2,1H3,(H,17,18). The van der Waals surface area contributed by atoms with Crippen molar-refractivity contribution < 1.29 is 4.74 Å². The van der Waals surface area contributed by atoms with Crippen LogP contribution < -0.4 is 10.1 Å². The molecule has 1 atom stereocenters. The normalized spacial score (nSPS) is 17.2. The summed E-state index contributed by atoms with van der Waals surface area (Å²) in [6, 6.07) is 8.18. The van der Waals surface area contributed by atoms with Gasteiger partial charge in [0, 0.05) is 24.0 Å². The zero-order chi connectivity index (χ0) is 13.1. The van der Waals surface area contributed by atoms with Crippen LogP contribution >= 0.6 is 0 Å². The van der Waals surface area contributed by atoms with E-state index in [1.165, 1.54) is 5.56 Å². The number of hydrogen-bond acceptors (Lipinski definition) is 3. The first-order chi connectivity index (χ1) is 9.38. The number of nitrogens with one attached hydrogen (secondary N) is 2. The highest BCUT2D eigenvalue weighted by molar-refractivity contribution is 5.42. The molecule has 100 valence electrons. The van der Waals surface area contributed by atoms with E-state index in [9.17, 15) is 0 Å². The maximum absolute atomic E-state index is 5.70. The number of imidazole rings is 1. The van der Waals surface area contributed by atoms with Crippen molar-refractivity contribution in [3.05, 3.63) is 47.5 Å². The van der Waals surface area contributed by atoms with Crippen LogP contribution in [0, 0.1) is 0 Å². The van der Waals surface area contributed by atoms with Crippen LogP contribution in [0.4, 0.5) is 0 Å². The van der Waals surface area contributed by atoms with Gasteiger partial charge in [-0.1, -0.05) is 25.1 Å². The Morgan fingerprint density at radius 1 is 1.42 bits per heavy atom.